The molecule has 0 atom stereocenters. The standard InChI is InChI=1S/C27H25ClN6O2/c1-18-17-20(28)12-13-22(18)29-23(35)11-8-16-33-27(36)24-25(19(2)30-33)31-34(21-9-4-3-5-10-21)26(24)32-14-6-7-15-32/h3-7,9-10,12-15,17H,8,11,16H2,1-2H3,(H,29,35). The number of nitrogens with one attached hydrogen (secondary N) is 1. The molecule has 1 N–H and O–H groups in total. The summed E-state index contributed by atoms with van der Waals surface area (Å²) in [5, 5.41) is 13.3. The Labute approximate surface area is 212 Å². The molecule has 0 aliphatic carbocycles. The number of hydrogen-bond donors (Lipinski definition) is 1. The number of fused-ring (bicyclic) bond motifs is 1. The molecule has 1 amide bonds. The largest absolute Gasteiger partial charge is 0.326 e. The Kier molecular flexibility index (Phi) is 6.43. The third-order valence-electron chi connectivity index (χ3n) is 6.01. The van der Waals surface area contributed by atoms with E-state index in [4.69, 9.17) is 16.7 Å². The van der Waals surface area contributed by atoms with Gasteiger partial charge < -0.3 is 9.88 Å². The quantitative estimate of drug-likeness (QED) is 0.338. The Hall–Kier alpha value is -4.17. The van der Waals surface area contributed by atoms with Crippen LogP contribution in [0.4, 0.5) is 5.69 Å². The number of rotatable bonds is 7. The maximum atomic E-state index is 13.6. The maximum Gasteiger partial charge on any atom is 0.280 e. The predicted molar refractivity (Wildman–Crippen MR) is 141 cm³/mol. The first-order chi connectivity index (χ1) is 17.4. The van der Waals surface area contributed by atoms with E-state index in [1.54, 1.807) is 22.9 Å². The van der Waals surface area contributed by atoms with Gasteiger partial charge in [0.05, 0.1) is 11.4 Å². The molecule has 0 fully saturated rings. The first kappa shape index (κ1) is 23.6. The minimum Gasteiger partial charge on any atom is -0.326 e. The molecular formula is C27H25ClN6O2. The summed E-state index contributed by atoms with van der Waals surface area (Å²) in [5.41, 5.74) is 3.42. The lowest BCUT2D eigenvalue weighted by Crippen LogP contribution is -2.25. The van der Waals surface area contributed by atoms with E-state index in [2.05, 4.69) is 10.4 Å². The van der Waals surface area contributed by atoms with Crippen LogP contribution in [0.5, 0.6) is 0 Å². The Bertz CT molecular complexity index is 1600. The van der Waals surface area contributed by atoms with E-state index in [9.17, 15) is 9.59 Å². The molecular weight excluding hydrogens is 476 g/mol. The predicted octanol–water partition coefficient (Wildman–Crippen LogP) is 5.06. The molecule has 0 saturated carbocycles. The van der Waals surface area contributed by atoms with Crippen LogP contribution >= 0.6 is 11.6 Å². The SMILES string of the molecule is Cc1cc(Cl)ccc1NC(=O)CCCn1nc(C)c2nn(-c3ccccc3)c(-n3cccc3)c2c1=O. The number of carbonyl (C=O) groups is 1. The molecule has 0 aliphatic heterocycles. The Balaban J connectivity index is 1.44. The summed E-state index contributed by atoms with van der Waals surface area (Å²) in [5.74, 6) is 0.526. The molecule has 9 heteroatoms. The van der Waals surface area contributed by atoms with Crippen molar-refractivity contribution in [1.29, 1.82) is 0 Å². The number of hydrogen-bond acceptors (Lipinski definition) is 4. The van der Waals surface area contributed by atoms with Crippen LogP contribution < -0.4 is 10.9 Å². The molecule has 5 aromatic rings. The van der Waals surface area contributed by atoms with Gasteiger partial charge in [-0.2, -0.15) is 10.2 Å². The van der Waals surface area contributed by atoms with E-state index in [-0.39, 0.29) is 17.9 Å². The van der Waals surface area contributed by atoms with Gasteiger partial charge in [-0.3, -0.25) is 9.59 Å². The third kappa shape index (κ3) is 4.55. The molecule has 8 nitrogen and oxygen atoms in total. The minimum atomic E-state index is -0.240. The average molecular weight is 501 g/mol. The van der Waals surface area contributed by atoms with Crippen molar-refractivity contribution in [2.75, 3.05) is 5.32 Å². The molecule has 182 valence electrons. The Morgan fingerprint density at radius 2 is 1.75 bits per heavy atom. The number of carbonyl (C=O) groups excluding carboxylic acids is 1. The zero-order valence-electron chi connectivity index (χ0n) is 20.0. The van der Waals surface area contributed by atoms with Crippen molar-refractivity contribution in [1.82, 2.24) is 24.1 Å². The summed E-state index contributed by atoms with van der Waals surface area (Å²) in [7, 11) is 0. The van der Waals surface area contributed by atoms with Crippen LogP contribution in [0.1, 0.15) is 24.1 Å². The van der Waals surface area contributed by atoms with Crippen molar-refractivity contribution in [3.63, 3.8) is 0 Å². The zero-order chi connectivity index (χ0) is 25.2. The van der Waals surface area contributed by atoms with E-state index in [0.29, 0.717) is 40.4 Å². The fraction of sp³-hybridized carbons (Fsp3) is 0.185. The number of amides is 1. The lowest BCUT2D eigenvalue weighted by molar-refractivity contribution is -0.116. The molecule has 3 heterocycles. The summed E-state index contributed by atoms with van der Waals surface area (Å²) >= 11 is 5.99. The molecule has 0 saturated heterocycles. The molecule has 36 heavy (non-hydrogen) atoms. The van der Waals surface area contributed by atoms with Crippen LogP contribution in [-0.2, 0) is 11.3 Å². The highest BCUT2D eigenvalue weighted by Gasteiger charge is 2.21. The van der Waals surface area contributed by atoms with Crippen LogP contribution in [-0.4, -0.2) is 30.0 Å². The van der Waals surface area contributed by atoms with Crippen LogP contribution in [0.2, 0.25) is 5.02 Å². The monoisotopic (exact) mass is 500 g/mol. The van der Waals surface area contributed by atoms with Gasteiger partial charge in [0.25, 0.3) is 5.56 Å². The van der Waals surface area contributed by atoms with Gasteiger partial charge in [0, 0.05) is 36.1 Å². The van der Waals surface area contributed by atoms with Crippen molar-refractivity contribution < 1.29 is 4.79 Å². The maximum absolute atomic E-state index is 13.6. The lowest BCUT2D eigenvalue weighted by Gasteiger charge is -2.10. The van der Waals surface area contributed by atoms with Gasteiger partial charge in [-0.1, -0.05) is 29.8 Å². The fourth-order valence-electron chi connectivity index (χ4n) is 4.25. The van der Waals surface area contributed by atoms with Crippen LogP contribution in [0.25, 0.3) is 22.4 Å². The van der Waals surface area contributed by atoms with Gasteiger partial charge in [0.1, 0.15) is 10.9 Å². The molecule has 5 rings (SSSR count). The van der Waals surface area contributed by atoms with Gasteiger partial charge in [-0.25, -0.2) is 9.36 Å². The number of nitrogens with zero attached hydrogens (tertiary/aromatic N) is 5. The number of benzene rings is 2. The zero-order valence-corrected chi connectivity index (χ0v) is 20.7. The third-order valence-corrected chi connectivity index (χ3v) is 6.24. The van der Waals surface area contributed by atoms with E-state index in [0.717, 1.165) is 16.9 Å². The van der Waals surface area contributed by atoms with Crippen LogP contribution in [0, 0.1) is 13.8 Å². The Morgan fingerprint density at radius 3 is 2.47 bits per heavy atom. The second-order valence-electron chi connectivity index (χ2n) is 8.61. The molecule has 0 unspecified atom stereocenters. The minimum absolute atomic E-state index is 0.129. The first-order valence-electron chi connectivity index (χ1n) is 11.7. The normalized spacial score (nSPS) is 11.2. The molecule has 0 bridgehead atoms. The number of para-hydroxylation sites is 1. The molecule has 0 aliphatic rings. The van der Waals surface area contributed by atoms with Gasteiger partial charge in [-0.15, -0.1) is 0 Å². The van der Waals surface area contributed by atoms with Crippen molar-refractivity contribution >= 4 is 34.1 Å². The molecule has 0 radical (unpaired) electrons. The van der Waals surface area contributed by atoms with E-state index >= 15 is 0 Å². The molecule has 3 aromatic heterocycles. The summed E-state index contributed by atoms with van der Waals surface area (Å²) in [4.78, 5) is 26.1. The van der Waals surface area contributed by atoms with E-state index < -0.39 is 0 Å². The Morgan fingerprint density at radius 1 is 1.00 bits per heavy atom. The van der Waals surface area contributed by atoms with Gasteiger partial charge >= 0.3 is 0 Å². The molecule has 0 spiro atoms. The summed E-state index contributed by atoms with van der Waals surface area (Å²) in [6.07, 6.45) is 4.49. The van der Waals surface area contributed by atoms with Crippen molar-refractivity contribution in [2.24, 2.45) is 0 Å². The number of halogens is 1. The number of aryl methyl sites for hydroxylation is 3. The first-order valence-corrected chi connectivity index (χ1v) is 12.1. The highest BCUT2D eigenvalue weighted by Crippen LogP contribution is 2.24. The second kappa shape index (κ2) is 9.83. The number of aromatic nitrogens is 5. The smallest absolute Gasteiger partial charge is 0.280 e. The average Bonchev–Trinajstić information content (AvgIpc) is 3.53. The van der Waals surface area contributed by atoms with Crippen LogP contribution in [0.3, 0.4) is 0 Å². The fourth-order valence-corrected chi connectivity index (χ4v) is 4.47. The van der Waals surface area contributed by atoms with Gasteiger partial charge in [0.2, 0.25) is 5.91 Å². The highest BCUT2D eigenvalue weighted by atomic mass is 35.5. The second-order valence-corrected chi connectivity index (χ2v) is 9.05. The van der Waals surface area contributed by atoms with E-state index in [1.807, 2.05) is 73.3 Å². The highest BCUT2D eigenvalue weighted by molar-refractivity contribution is 6.30. The summed E-state index contributed by atoms with van der Waals surface area (Å²) in [6, 6.07) is 18.8. The summed E-state index contributed by atoms with van der Waals surface area (Å²) < 4.78 is 5.09. The number of anilines is 1. The topological polar surface area (TPSA) is 86.7 Å². The summed E-state index contributed by atoms with van der Waals surface area (Å²) in [6.45, 7) is 4.04. The van der Waals surface area contributed by atoms with Gasteiger partial charge in [-0.05, 0) is 68.3 Å². The van der Waals surface area contributed by atoms with E-state index in [1.165, 1.54) is 4.68 Å². The van der Waals surface area contributed by atoms with Crippen molar-refractivity contribution in [3.8, 4) is 11.5 Å². The van der Waals surface area contributed by atoms with Crippen molar-refractivity contribution in [3.05, 3.63) is 99.7 Å². The molecule has 2 aromatic carbocycles. The van der Waals surface area contributed by atoms with Crippen LogP contribution in [0.15, 0.2) is 77.9 Å². The lowest BCUT2D eigenvalue weighted by atomic mass is 10.2. The van der Waals surface area contributed by atoms with Crippen molar-refractivity contribution in [2.45, 2.75) is 33.2 Å². The van der Waals surface area contributed by atoms with Gasteiger partial charge in [0.15, 0.2) is 5.82 Å².